The summed E-state index contributed by atoms with van der Waals surface area (Å²) >= 11 is 1.55. The summed E-state index contributed by atoms with van der Waals surface area (Å²) in [6.45, 7) is 1.94. The number of β-lactam (4-membered cyclic amide) rings is 1. The fourth-order valence-corrected chi connectivity index (χ4v) is 4.77. The molecule has 2 aliphatic heterocycles. The summed E-state index contributed by atoms with van der Waals surface area (Å²) in [6.07, 6.45) is 1.18. The molecule has 0 spiro atoms. The second kappa shape index (κ2) is 8.59. The van der Waals surface area contributed by atoms with Gasteiger partial charge in [-0.25, -0.2) is 4.79 Å². The molecule has 2 heterocycles. The molecule has 0 saturated carbocycles. The van der Waals surface area contributed by atoms with Crippen molar-refractivity contribution in [3.05, 3.63) is 39.9 Å². The molecule has 1 N–H and O–H groups in total. The highest BCUT2D eigenvalue weighted by Gasteiger charge is 2.54. The maximum Gasteiger partial charge on any atom is 0.330 e. The molecule has 3 rings (SSSR count). The summed E-state index contributed by atoms with van der Waals surface area (Å²) in [7, 11) is 0. The average Bonchev–Trinajstić information content (AvgIpc) is 2.95. The second-order valence-corrected chi connectivity index (χ2v) is 8.11. The Morgan fingerprint density at radius 3 is 2.68 bits per heavy atom. The number of nitro groups is 1. The number of rotatable bonds is 8. The summed E-state index contributed by atoms with van der Waals surface area (Å²) in [5.74, 6) is 0.0220. The third kappa shape index (κ3) is 4.44. The molecular formula is C18H21N3O6S. The number of fused-ring (bicyclic) bond motifs is 1. The standard InChI is InChI=1S/C18H21N3O6S/c1-11(22)19-6-7-28-15-8-14-9-16(23)20(14)17(15)18(24)27-10-12-2-4-13(5-3-12)21(25)26/h2-5,14-15,17H,6-10H2,1H3,(H,19,22). The van der Waals surface area contributed by atoms with Crippen molar-refractivity contribution in [2.75, 3.05) is 12.3 Å². The van der Waals surface area contributed by atoms with Gasteiger partial charge in [0.1, 0.15) is 12.6 Å². The van der Waals surface area contributed by atoms with Crippen LogP contribution in [0.3, 0.4) is 0 Å². The van der Waals surface area contributed by atoms with Gasteiger partial charge in [-0.15, -0.1) is 0 Å². The maximum atomic E-state index is 12.7. The number of benzene rings is 1. The minimum Gasteiger partial charge on any atom is -0.459 e. The molecule has 28 heavy (non-hydrogen) atoms. The van der Waals surface area contributed by atoms with Gasteiger partial charge >= 0.3 is 5.97 Å². The van der Waals surface area contributed by atoms with Crippen molar-refractivity contribution in [3.63, 3.8) is 0 Å². The minimum absolute atomic E-state index is 0.0106. The summed E-state index contributed by atoms with van der Waals surface area (Å²) in [6, 6.07) is 5.23. The Bertz CT molecular complexity index is 784. The van der Waals surface area contributed by atoms with Crippen LogP contribution >= 0.6 is 11.8 Å². The van der Waals surface area contributed by atoms with Gasteiger partial charge in [-0.1, -0.05) is 0 Å². The van der Waals surface area contributed by atoms with E-state index in [1.165, 1.54) is 31.2 Å². The largest absolute Gasteiger partial charge is 0.459 e. The van der Waals surface area contributed by atoms with E-state index in [4.69, 9.17) is 4.74 Å². The van der Waals surface area contributed by atoms with Gasteiger partial charge in [-0.3, -0.25) is 19.7 Å². The van der Waals surface area contributed by atoms with Crippen LogP contribution in [0.1, 0.15) is 25.3 Å². The smallest absolute Gasteiger partial charge is 0.330 e. The van der Waals surface area contributed by atoms with Crippen LogP contribution in [-0.2, 0) is 25.7 Å². The summed E-state index contributed by atoms with van der Waals surface area (Å²) in [4.78, 5) is 47.4. The SMILES string of the molecule is CC(=O)NCCSC1CC2CC(=O)N2C1C(=O)OCc1ccc([N+](=O)[O-])cc1. The maximum absolute atomic E-state index is 12.7. The molecule has 0 aliphatic carbocycles. The molecule has 150 valence electrons. The molecule has 0 bridgehead atoms. The van der Waals surface area contributed by atoms with Gasteiger partial charge in [-0.05, 0) is 24.1 Å². The topological polar surface area (TPSA) is 119 Å². The number of esters is 1. The Balaban J connectivity index is 1.57. The molecule has 1 aromatic carbocycles. The number of hydrogen-bond acceptors (Lipinski definition) is 7. The first kappa shape index (κ1) is 20.1. The highest BCUT2D eigenvalue weighted by atomic mass is 32.2. The molecule has 2 aliphatic rings. The number of nitrogens with one attached hydrogen (secondary N) is 1. The van der Waals surface area contributed by atoms with Crippen molar-refractivity contribution in [1.29, 1.82) is 0 Å². The number of thioether (sulfide) groups is 1. The second-order valence-electron chi connectivity index (χ2n) is 6.76. The molecular weight excluding hydrogens is 386 g/mol. The number of ether oxygens (including phenoxy) is 1. The number of nitro benzene ring substituents is 1. The lowest BCUT2D eigenvalue weighted by Gasteiger charge is -2.37. The van der Waals surface area contributed by atoms with Crippen LogP contribution in [0.5, 0.6) is 0 Å². The molecule has 0 radical (unpaired) electrons. The first-order valence-corrected chi connectivity index (χ1v) is 9.99. The van der Waals surface area contributed by atoms with Crippen molar-refractivity contribution in [3.8, 4) is 0 Å². The zero-order valence-corrected chi connectivity index (χ0v) is 16.1. The molecule has 2 saturated heterocycles. The zero-order valence-electron chi connectivity index (χ0n) is 15.3. The molecule has 3 unspecified atom stereocenters. The van der Waals surface area contributed by atoms with E-state index in [9.17, 15) is 24.5 Å². The van der Waals surface area contributed by atoms with Crippen LogP contribution in [0.15, 0.2) is 24.3 Å². The van der Waals surface area contributed by atoms with Crippen LogP contribution in [0.2, 0.25) is 0 Å². The van der Waals surface area contributed by atoms with Gasteiger partial charge in [-0.2, -0.15) is 11.8 Å². The fraction of sp³-hybridized carbons (Fsp3) is 0.500. The fourth-order valence-electron chi connectivity index (χ4n) is 3.47. The summed E-state index contributed by atoms with van der Waals surface area (Å²) < 4.78 is 5.40. The normalized spacial score (nSPS) is 23.0. The van der Waals surface area contributed by atoms with E-state index in [2.05, 4.69) is 5.32 Å². The van der Waals surface area contributed by atoms with Crippen molar-refractivity contribution in [1.82, 2.24) is 10.2 Å². The van der Waals surface area contributed by atoms with Crippen LogP contribution in [0.25, 0.3) is 0 Å². The van der Waals surface area contributed by atoms with E-state index in [0.29, 0.717) is 24.3 Å². The number of nitrogens with zero attached hydrogens (tertiary/aromatic N) is 2. The van der Waals surface area contributed by atoms with Crippen molar-refractivity contribution in [2.45, 2.75) is 43.7 Å². The molecule has 1 aromatic rings. The Labute approximate surface area is 165 Å². The minimum atomic E-state index is -0.633. The predicted octanol–water partition coefficient (Wildman–Crippen LogP) is 1.25. The van der Waals surface area contributed by atoms with Gasteiger partial charge in [0.05, 0.1) is 4.92 Å². The summed E-state index contributed by atoms with van der Waals surface area (Å²) in [5, 5.41) is 13.3. The average molecular weight is 407 g/mol. The van der Waals surface area contributed by atoms with Crippen LogP contribution < -0.4 is 5.32 Å². The van der Waals surface area contributed by atoms with Gasteiger partial charge in [0.25, 0.3) is 5.69 Å². The van der Waals surface area contributed by atoms with E-state index in [0.717, 1.165) is 6.42 Å². The molecule has 2 amide bonds. The zero-order chi connectivity index (χ0) is 20.3. The molecule has 0 aromatic heterocycles. The number of amides is 2. The van der Waals surface area contributed by atoms with Gasteiger partial charge in [0, 0.05) is 49.1 Å². The van der Waals surface area contributed by atoms with Gasteiger partial charge in [0.2, 0.25) is 11.8 Å². The van der Waals surface area contributed by atoms with Crippen molar-refractivity contribution in [2.24, 2.45) is 0 Å². The van der Waals surface area contributed by atoms with E-state index in [-0.39, 0.29) is 35.4 Å². The summed E-state index contributed by atoms with van der Waals surface area (Å²) in [5.41, 5.74) is 0.605. The van der Waals surface area contributed by atoms with Crippen LogP contribution in [0, 0.1) is 10.1 Å². The Kier molecular flexibility index (Phi) is 6.18. The highest BCUT2D eigenvalue weighted by Crippen LogP contribution is 2.41. The highest BCUT2D eigenvalue weighted by molar-refractivity contribution is 8.00. The lowest BCUT2D eigenvalue weighted by atomic mass is 10.0. The van der Waals surface area contributed by atoms with E-state index < -0.39 is 16.9 Å². The third-order valence-corrected chi connectivity index (χ3v) is 6.14. The van der Waals surface area contributed by atoms with Gasteiger partial charge < -0.3 is 15.0 Å². The lowest BCUT2D eigenvalue weighted by Crippen LogP contribution is -2.55. The number of hydrogen-bond donors (Lipinski definition) is 1. The molecule has 3 atom stereocenters. The van der Waals surface area contributed by atoms with Crippen LogP contribution in [0.4, 0.5) is 5.69 Å². The Hall–Kier alpha value is -2.62. The van der Waals surface area contributed by atoms with Crippen LogP contribution in [-0.4, -0.2) is 57.2 Å². The van der Waals surface area contributed by atoms with E-state index >= 15 is 0 Å². The molecule has 2 fully saturated rings. The van der Waals surface area contributed by atoms with Crippen molar-refractivity contribution >= 4 is 35.2 Å². The number of carbonyl (C=O) groups is 3. The quantitative estimate of drug-likeness (QED) is 0.226. The molecule has 9 nitrogen and oxygen atoms in total. The number of non-ortho nitro benzene ring substituents is 1. The monoisotopic (exact) mass is 407 g/mol. The first-order chi connectivity index (χ1) is 13.4. The molecule has 10 heteroatoms. The number of carbonyl (C=O) groups excluding carboxylic acids is 3. The first-order valence-electron chi connectivity index (χ1n) is 8.94. The third-order valence-electron chi connectivity index (χ3n) is 4.83. The lowest BCUT2D eigenvalue weighted by molar-refractivity contribution is -0.384. The Morgan fingerprint density at radius 2 is 2.07 bits per heavy atom. The van der Waals surface area contributed by atoms with E-state index in [1.807, 2.05) is 0 Å². The van der Waals surface area contributed by atoms with E-state index in [1.54, 1.807) is 16.7 Å². The van der Waals surface area contributed by atoms with Crippen molar-refractivity contribution < 1.29 is 24.0 Å². The van der Waals surface area contributed by atoms with Gasteiger partial charge in [0.15, 0.2) is 0 Å². The Morgan fingerprint density at radius 1 is 1.36 bits per heavy atom. The predicted molar refractivity (Wildman–Crippen MR) is 101 cm³/mol.